The molecule has 0 bridgehead atoms. The Balaban J connectivity index is 2.26. The van der Waals surface area contributed by atoms with Crippen LogP contribution in [0, 0.1) is 0 Å². The van der Waals surface area contributed by atoms with Gasteiger partial charge in [0.1, 0.15) is 67.1 Å². The Morgan fingerprint density at radius 2 is 1.53 bits per heavy atom. The molecule has 252 valence electrons. The number of ether oxygens (including phenoxy) is 4. The Morgan fingerprint density at radius 1 is 0.930 bits per heavy atom. The highest BCUT2D eigenvalue weighted by Gasteiger charge is 2.56. The van der Waals surface area contributed by atoms with Crippen LogP contribution in [-0.4, -0.2) is 196 Å². The number of carbonyl (C=O) groups excluding carboxylic acids is 1. The molecule has 43 heavy (non-hydrogen) atoms. The number of aliphatic carboxylic acids is 1. The van der Waals surface area contributed by atoms with Crippen molar-refractivity contribution in [3.8, 4) is 0 Å². The van der Waals surface area contributed by atoms with Crippen LogP contribution < -0.4 is 5.32 Å². The first kappa shape index (κ1) is 37.5. The lowest BCUT2D eigenvalue weighted by atomic mass is 9.88. The van der Waals surface area contributed by atoms with Gasteiger partial charge in [0.05, 0.1) is 38.6 Å². The van der Waals surface area contributed by atoms with Gasteiger partial charge in [-0.1, -0.05) is 0 Å². The van der Waals surface area contributed by atoms with Gasteiger partial charge in [-0.15, -0.1) is 0 Å². The maximum atomic E-state index is 12.3. The summed E-state index contributed by atoms with van der Waals surface area (Å²) in [5.41, 5.74) is 0. The van der Waals surface area contributed by atoms with Gasteiger partial charge in [0, 0.05) is 13.3 Å². The molecule has 20 nitrogen and oxygen atoms in total. The summed E-state index contributed by atoms with van der Waals surface area (Å²) in [7, 11) is 0. The lowest BCUT2D eigenvalue weighted by Gasteiger charge is -2.46. The Kier molecular flexibility index (Phi) is 14.0. The lowest BCUT2D eigenvalue weighted by Crippen LogP contribution is -2.68. The zero-order valence-electron chi connectivity index (χ0n) is 22.9. The second-order valence-electron chi connectivity index (χ2n) is 10.3. The molecule has 0 aromatic carbocycles. The van der Waals surface area contributed by atoms with Crippen molar-refractivity contribution in [3.63, 3.8) is 0 Å². The van der Waals surface area contributed by atoms with Crippen LogP contribution in [0.1, 0.15) is 13.3 Å². The molecule has 0 saturated carbocycles. The largest absolute Gasteiger partial charge is 0.477 e. The Labute approximate surface area is 243 Å². The van der Waals surface area contributed by atoms with E-state index in [4.69, 9.17) is 18.9 Å². The summed E-state index contributed by atoms with van der Waals surface area (Å²) >= 11 is 0. The molecular weight excluding hydrogens is 594 g/mol. The molecule has 2 fully saturated rings. The third-order valence-corrected chi connectivity index (χ3v) is 7.11. The third-order valence-electron chi connectivity index (χ3n) is 7.11. The number of carboxylic acids is 1. The molecule has 15 atom stereocenters. The molecule has 2 aliphatic rings. The van der Waals surface area contributed by atoms with E-state index in [1.54, 1.807) is 0 Å². The minimum atomic E-state index is -2.89. The molecule has 2 heterocycles. The highest BCUT2D eigenvalue weighted by molar-refractivity contribution is 5.76. The first-order chi connectivity index (χ1) is 20.0. The van der Waals surface area contributed by atoms with Gasteiger partial charge in [0.2, 0.25) is 5.91 Å². The summed E-state index contributed by atoms with van der Waals surface area (Å²) in [6.45, 7) is -3.11. The van der Waals surface area contributed by atoms with Crippen molar-refractivity contribution in [1.29, 1.82) is 0 Å². The molecule has 0 aromatic rings. The summed E-state index contributed by atoms with van der Waals surface area (Å²) in [6.07, 6.45) is -26.2. The van der Waals surface area contributed by atoms with Crippen molar-refractivity contribution < 1.29 is 94.9 Å². The van der Waals surface area contributed by atoms with Crippen LogP contribution in [0.4, 0.5) is 0 Å². The number of hydrogen-bond donors (Lipinski definition) is 14. The minimum Gasteiger partial charge on any atom is -0.477 e. The first-order valence-corrected chi connectivity index (χ1v) is 13.1. The summed E-state index contributed by atoms with van der Waals surface area (Å²) < 4.78 is 21.0. The fraction of sp³-hybridized carbons (Fsp3) is 0.913. The third kappa shape index (κ3) is 8.73. The topological polar surface area (TPSA) is 346 Å². The molecular formula is C23H41NO19. The van der Waals surface area contributed by atoms with Crippen LogP contribution in [0.3, 0.4) is 0 Å². The smallest absolute Gasteiger partial charge is 0.364 e. The Hall–Kier alpha value is -1.70. The number of nitrogens with one attached hydrogen (secondary N) is 1. The normalized spacial score (nSPS) is 37.5. The average molecular weight is 636 g/mol. The lowest BCUT2D eigenvalue weighted by molar-refractivity contribution is -0.332. The Morgan fingerprint density at radius 3 is 2.05 bits per heavy atom. The SMILES string of the molecule is CC(=O)N[C@H]1[C@H]([C@H](O)[C@H](O)CO)O[C@@](OC[C@@H](O)[C@H](O)[C@H](O[C@@H]2O[C@H](CO)[C@H](O)[C@H](O)[C@H]2O)[C@@H](O)CO)(C(=O)O)C[C@@H]1O. The van der Waals surface area contributed by atoms with Crippen LogP contribution in [-0.2, 0) is 28.5 Å². The molecule has 0 radical (unpaired) electrons. The van der Waals surface area contributed by atoms with Crippen LogP contribution in [0.5, 0.6) is 0 Å². The van der Waals surface area contributed by atoms with E-state index < -0.39 is 136 Å². The molecule has 2 rings (SSSR count). The summed E-state index contributed by atoms with van der Waals surface area (Å²) in [6, 6.07) is -1.50. The van der Waals surface area contributed by atoms with Gasteiger partial charge in [0.15, 0.2) is 6.29 Å². The van der Waals surface area contributed by atoms with Crippen molar-refractivity contribution in [2.75, 3.05) is 26.4 Å². The van der Waals surface area contributed by atoms with Crippen LogP contribution >= 0.6 is 0 Å². The number of amides is 1. The maximum Gasteiger partial charge on any atom is 0.364 e. The molecule has 1 amide bonds. The summed E-state index contributed by atoms with van der Waals surface area (Å²) in [4.78, 5) is 23.9. The van der Waals surface area contributed by atoms with Gasteiger partial charge in [-0.2, -0.15) is 0 Å². The maximum absolute atomic E-state index is 12.3. The van der Waals surface area contributed by atoms with Crippen LogP contribution in [0.2, 0.25) is 0 Å². The molecule has 2 saturated heterocycles. The fourth-order valence-electron chi connectivity index (χ4n) is 4.65. The second-order valence-corrected chi connectivity index (χ2v) is 10.3. The van der Waals surface area contributed by atoms with Gasteiger partial charge < -0.3 is 90.6 Å². The van der Waals surface area contributed by atoms with Gasteiger partial charge in [-0.25, -0.2) is 4.79 Å². The van der Waals surface area contributed by atoms with E-state index in [1.807, 2.05) is 0 Å². The van der Waals surface area contributed by atoms with Gasteiger partial charge >= 0.3 is 5.97 Å². The van der Waals surface area contributed by atoms with Gasteiger partial charge in [0.25, 0.3) is 5.79 Å². The van der Waals surface area contributed by atoms with Crippen molar-refractivity contribution >= 4 is 11.9 Å². The minimum absolute atomic E-state index is 0.737. The monoisotopic (exact) mass is 635 g/mol. The van der Waals surface area contributed by atoms with E-state index in [0.717, 1.165) is 6.92 Å². The molecule has 14 N–H and O–H groups in total. The number of carboxylic acid groups (broad SMARTS) is 1. The fourth-order valence-corrected chi connectivity index (χ4v) is 4.65. The molecule has 20 heteroatoms. The van der Waals surface area contributed by atoms with E-state index in [0.29, 0.717) is 0 Å². The van der Waals surface area contributed by atoms with E-state index in [2.05, 4.69) is 5.32 Å². The molecule has 0 aromatic heterocycles. The highest BCUT2D eigenvalue weighted by atomic mass is 16.7. The van der Waals surface area contributed by atoms with Crippen molar-refractivity contribution in [3.05, 3.63) is 0 Å². The van der Waals surface area contributed by atoms with E-state index >= 15 is 0 Å². The zero-order chi connectivity index (χ0) is 32.8. The zero-order valence-corrected chi connectivity index (χ0v) is 22.9. The van der Waals surface area contributed by atoms with Crippen molar-refractivity contribution in [2.24, 2.45) is 0 Å². The van der Waals surface area contributed by atoms with Gasteiger partial charge in [-0.3, -0.25) is 4.79 Å². The molecule has 0 spiro atoms. The van der Waals surface area contributed by atoms with Crippen molar-refractivity contribution in [1.82, 2.24) is 5.32 Å². The predicted molar refractivity (Wildman–Crippen MR) is 132 cm³/mol. The number of carbonyl (C=O) groups is 2. The van der Waals surface area contributed by atoms with Crippen LogP contribution in [0.15, 0.2) is 0 Å². The first-order valence-electron chi connectivity index (χ1n) is 13.1. The standard InChI is InChI=1S/C23H41NO19/c1-7(28)24-13-8(29)2-23(22(38)39,43-20(13)14(33)9(30)3-25)40-6-11(32)15(34)19(10(31)4-26)42-21-18(37)17(36)16(35)12(5-27)41-21/h8-21,25-27,29-37H,2-6H2,1H3,(H,24,28)(H,38,39)/t8-,9+,10-,11+,12+,13+,14+,15-,16-,17-,18+,19+,20+,21-,23+/m0/s1. The van der Waals surface area contributed by atoms with Crippen molar-refractivity contribution in [2.45, 2.75) is 105 Å². The summed E-state index contributed by atoms with van der Waals surface area (Å²) in [5.74, 6) is -5.55. The van der Waals surface area contributed by atoms with Crippen LogP contribution in [0.25, 0.3) is 0 Å². The summed E-state index contributed by atoms with van der Waals surface area (Å²) in [5, 5.41) is 133. The number of aliphatic hydroxyl groups is 12. The second kappa shape index (κ2) is 16.0. The number of rotatable bonds is 15. The Bertz CT molecular complexity index is 897. The molecule has 0 aliphatic carbocycles. The number of hydrogen-bond acceptors (Lipinski definition) is 18. The predicted octanol–water partition coefficient (Wildman–Crippen LogP) is -8.59. The molecule has 0 unspecified atom stereocenters. The molecule has 2 aliphatic heterocycles. The van der Waals surface area contributed by atoms with Gasteiger partial charge in [-0.05, 0) is 0 Å². The van der Waals surface area contributed by atoms with E-state index in [1.165, 1.54) is 0 Å². The number of aliphatic hydroxyl groups excluding tert-OH is 12. The van der Waals surface area contributed by atoms with E-state index in [9.17, 15) is 76.0 Å². The van der Waals surface area contributed by atoms with E-state index in [-0.39, 0.29) is 0 Å². The average Bonchev–Trinajstić information content (AvgIpc) is 2.97. The highest BCUT2D eigenvalue weighted by Crippen LogP contribution is 2.34. The quantitative estimate of drug-likeness (QED) is 0.0794.